The van der Waals surface area contributed by atoms with Crippen LogP contribution >= 0.6 is 0 Å². The zero-order chi connectivity index (χ0) is 8.81. The molecule has 0 atom stereocenters. The maximum absolute atomic E-state index is 11.6. The summed E-state index contributed by atoms with van der Waals surface area (Å²) in [6, 6.07) is 1.60. The van der Waals surface area contributed by atoms with Crippen LogP contribution in [0.2, 0.25) is 0 Å². The normalized spacial score (nSPS) is 9.42. The van der Waals surface area contributed by atoms with Crippen molar-refractivity contribution in [2.75, 3.05) is 13.2 Å². The first kappa shape index (κ1) is 8.58. The van der Waals surface area contributed by atoms with E-state index in [1.807, 2.05) is 0 Å². The highest BCUT2D eigenvalue weighted by Crippen LogP contribution is 1.85. The lowest BCUT2D eigenvalue weighted by Gasteiger charge is -1.98. The number of hydrogen-bond acceptors (Lipinski definition) is 3. The van der Waals surface area contributed by atoms with Gasteiger partial charge in [-0.05, 0) is 6.07 Å². The first-order valence-corrected chi connectivity index (χ1v) is 3.46. The molecule has 0 fully saturated rings. The molecular formula is C7H8FN3O. The van der Waals surface area contributed by atoms with E-state index in [-0.39, 0.29) is 12.4 Å². The largest absolute Gasteiger partial charge is 0.347 e. The molecule has 0 aliphatic rings. The zero-order valence-corrected chi connectivity index (χ0v) is 6.33. The number of nitrogens with zero attached hydrogens (tertiary/aromatic N) is 2. The Bertz CT molecular complexity index is 252. The molecule has 0 aliphatic heterocycles. The van der Waals surface area contributed by atoms with Crippen LogP contribution in [0, 0.1) is 0 Å². The Morgan fingerprint density at radius 1 is 1.50 bits per heavy atom. The van der Waals surface area contributed by atoms with E-state index in [0.29, 0.717) is 0 Å². The van der Waals surface area contributed by atoms with Gasteiger partial charge in [0, 0.05) is 18.9 Å². The second-order valence-corrected chi connectivity index (χ2v) is 2.02. The van der Waals surface area contributed by atoms with E-state index >= 15 is 0 Å². The van der Waals surface area contributed by atoms with Crippen molar-refractivity contribution < 1.29 is 9.18 Å². The van der Waals surface area contributed by atoms with Gasteiger partial charge in [-0.25, -0.2) is 14.4 Å². The number of halogens is 1. The Labute approximate surface area is 68.8 Å². The third-order valence-corrected chi connectivity index (χ3v) is 1.15. The van der Waals surface area contributed by atoms with Crippen LogP contribution in [0.4, 0.5) is 4.39 Å². The lowest BCUT2D eigenvalue weighted by Crippen LogP contribution is -2.27. The number of alkyl halides is 1. The summed E-state index contributed by atoms with van der Waals surface area (Å²) in [5.74, 6) is -0.390. The molecule has 0 radical (unpaired) electrons. The van der Waals surface area contributed by atoms with Crippen molar-refractivity contribution in [2.45, 2.75) is 0 Å². The van der Waals surface area contributed by atoms with Gasteiger partial charge in [-0.1, -0.05) is 0 Å². The summed E-state index contributed by atoms with van der Waals surface area (Å²) in [5.41, 5.74) is 0. The van der Waals surface area contributed by atoms with E-state index < -0.39 is 12.6 Å². The van der Waals surface area contributed by atoms with Crippen LogP contribution < -0.4 is 5.32 Å². The second kappa shape index (κ2) is 4.38. The van der Waals surface area contributed by atoms with E-state index in [0.717, 1.165) is 0 Å². The maximum Gasteiger partial charge on any atom is 0.289 e. The van der Waals surface area contributed by atoms with Crippen LogP contribution in [0.25, 0.3) is 0 Å². The predicted molar refractivity (Wildman–Crippen MR) is 40.3 cm³/mol. The molecule has 1 N–H and O–H groups in total. The number of nitrogens with one attached hydrogen (secondary N) is 1. The number of aromatic nitrogens is 2. The summed E-state index contributed by atoms with van der Waals surface area (Å²) in [5, 5.41) is 2.31. The van der Waals surface area contributed by atoms with Crippen LogP contribution in [-0.2, 0) is 0 Å². The number of carbonyl (C=O) groups is 1. The van der Waals surface area contributed by atoms with Crippen LogP contribution in [0.15, 0.2) is 18.5 Å². The molecule has 1 amide bonds. The van der Waals surface area contributed by atoms with Gasteiger partial charge >= 0.3 is 0 Å². The minimum atomic E-state index is -0.585. The predicted octanol–water partition coefficient (Wildman–Crippen LogP) is 0.176. The van der Waals surface area contributed by atoms with Crippen LogP contribution in [0.1, 0.15) is 10.6 Å². The van der Waals surface area contributed by atoms with Crippen LogP contribution in [0.5, 0.6) is 0 Å². The molecule has 5 heteroatoms. The molecule has 0 aromatic carbocycles. The maximum atomic E-state index is 11.6. The standard InChI is InChI=1S/C7H8FN3O/c8-2-5-11-7(12)6-9-3-1-4-10-6/h1,3-4H,2,5H2,(H,11,12). The van der Waals surface area contributed by atoms with Gasteiger partial charge < -0.3 is 5.32 Å². The van der Waals surface area contributed by atoms with Gasteiger partial charge in [-0.15, -0.1) is 0 Å². The monoisotopic (exact) mass is 169 g/mol. The molecular weight excluding hydrogens is 161 g/mol. The first-order chi connectivity index (χ1) is 5.84. The van der Waals surface area contributed by atoms with Gasteiger partial charge in [0.2, 0.25) is 5.82 Å². The average molecular weight is 169 g/mol. The minimum absolute atomic E-state index is 0.00289. The first-order valence-electron chi connectivity index (χ1n) is 3.46. The highest BCUT2D eigenvalue weighted by Gasteiger charge is 2.05. The topological polar surface area (TPSA) is 54.9 Å². The Morgan fingerprint density at radius 3 is 2.75 bits per heavy atom. The van der Waals surface area contributed by atoms with Crippen molar-refractivity contribution in [3.63, 3.8) is 0 Å². The number of carbonyl (C=O) groups excluding carboxylic acids is 1. The number of amides is 1. The summed E-state index contributed by atoms with van der Waals surface area (Å²) in [7, 11) is 0. The Balaban J connectivity index is 2.54. The molecule has 0 spiro atoms. The molecule has 0 saturated carbocycles. The van der Waals surface area contributed by atoms with Crippen molar-refractivity contribution in [1.82, 2.24) is 15.3 Å². The SMILES string of the molecule is O=C(NCCF)c1ncccn1. The van der Waals surface area contributed by atoms with E-state index in [1.54, 1.807) is 6.07 Å². The summed E-state index contributed by atoms with van der Waals surface area (Å²) in [6.45, 7) is -0.588. The lowest BCUT2D eigenvalue weighted by molar-refractivity contribution is 0.0940. The Kier molecular flexibility index (Phi) is 3.13. The molecule has 4 nitrogen and oxygen atoms in total. The van der Waals surface area contributed by atoms with Crippen molar-refractivity contribution in [1.29, 1.82) is 0 Å². The van der Waals surface area contributed by atoms with Gasteiger partial charge in [0.25, 0.3) is 5.91 Å². The molecule has 0 saturated heterocycles. The Hall–Kier alpha value is -1.52. The Morgan fingerprint density at radius 2 is 2.17 bits per heavy atom. The van der Waals surface area contributed by atoms with Gasteiger partial charge in [0.1, 0.15) is 6.67 Å². The highest BCUT2D eigenvalue weighted by atomic mass is 19.1. The fraction of sp³-hybridized carbons (Fsp3) is 0.286. The van der Waals surface area contributed by atoms with Crippen molar-refractivity contribution in [3.05, 3.63) is 24.3 Å². The van der Waals surface area contributed by atoms with Crippen LogP contribution in [-0.4, -0.2) is 29.1 Å². The van der Waals surface area contributed by atoms with Crippen LogP contribution in [0.3, 0.4) is 0 Å². The van der Waals surface area contributed by atoms with Gasteiger partial charge in [0.15, 0.2) is 0 Å². The molecule has 1 aromatic rings. The van der Waals surface area contributed by atoms with E-state index in [4.69, 9.17) is 0 Å². The summed E-state index contributed by atoms with van der Waals surface area (Å²) < 4.78 is 11.6. The fourth-order valence-corrected chi connectivity index (χ4v) is 0.656. The van der Waals surface area contributed by atoms with E-state index in [2.05, 4.69) is 15.3 Å². The number of rotatable bonds is 3. The van der Waals surface area contributed by atoms with Gasteiger partial charge in [-0.2, -0.15) is 0 Å². The van der Waals surface area contributed by atoms with Gasteiger partial charge in [0.05, 0.1) is 0 Å². The van der Waals surface area contributed by atoms with E-state index in [9.17, 15) is 9.18 Å². The molecule has 1 rings (SSSR count). The molecule has 0 bridgehead atoms. The second-order valence-electron chi connectivity index (χ2n) is 2.02. The smallest absolute Gasteiger partial charge is 0.289 e. The average Bonchev–Trinajstić information content (AvgIpc) is 2.15. The quantitative estimate of drug-likeness (QED) is 0.702. The highest BCUT2D eigenvalue weighted by molar-refractivity contribution is 5.90. The lowest BCUT2D eigenvalue weighted by atomic mass is 10.5. The fourth-order valence-electron chi connectivity index (χ4n) is 0.656. The van der Waals surface area contributed by atoms with Crippen molar-refractivity contribution in [3.8, 4) is 0 Å². The zero-order valence-electron chi connectivity index (χ0n) is 6.33. The molecule has 12 heavy (non-hydrogen) atoms. The summed E-state index contributed by atoms with van der Waals surface area (Å²) in [4.78, 5) is 18.4. The third kappa shape index (κ3) is 2.26. The van der Waals surface area contributed by atoms with Crippen molar-refractivity contribution >= 4 is 5.91 Å². The molecule has 1 aromatic heterocycles. The molecule has 0 aliphatic carbocycles. The molecule has 0 unspecified atom stereocenters. The third-order valence-electron chi connectivity index (χ3n) is 1.15. The van der Waals surface area contributed by atoms with E-state index in [1.165, 1.54) is 12.4 Å². The van der Waals surface area contributed by atoms with Crippen molar-refractivity contribution in [2.24, 2.45) is 0 Å². The summed E-state index contributed by atoms with van der Waals surface area (Å²) >= 11 is 0. The molecule has 64 valence electrons. The minimum Gasteiger partial charge on any atom is -0.347 e. The summed E-state index contributed by atoms with van der Waals surface area (Å²) in [6.07, 6.45) is 2.91. The van der Waals surface area contributed by atoms with Gasteiger partial charge in [-0.3, -0.25) is 4.79 Å². The molecule has 1 heterocycles. The number of hydrogen-bond donors (Lipinski definition) is 1.